The maximum absolute atomic E-state index is 13.9. The van der Waals surface area contributed by atoms with E-state index in [4.69, 9.17) is 37.7 Å². The lowest BCUT2D eigenvalue weighted by Gasteiger charge is -2.48. The number of methoxy groups -OCH3 is 1. The van der Waals surface area contributed by atoms with Crippen LogP contribution in [0.3, 0.4) is 0 Å². The molecule has 17 nitrogen and oxygen atoms in total. The Labute approximate surface area is 371 Å². The molecule has 17 heteroatoms. The van der Waals surface area contributed by atoms with Gasteiger partial charge in [-0.1, -0.05) is 45.0 Å². The van der Waals surface area contributed by atoms with E-state index in [0.29, 0.717) is 23.3 Å². The van der Waals surface area contributed by atoms with Crippen LogP contribution in [-0.4, -0.2) is 144 Å². The number of likely N-dealkylation sites (N-methyl/N-ethyl adjacent to an activating group) is 1. The van der Waals surface area contributed by atoms with Crippen LogP contribution in [0.1, 0.15) is 80.5 Å². The first-order valence-electron chi connectivity index (χ1n) is 22.0. The lowest BCUT2D eigenvalue weighted by Crippen LogP contribution is -2.60. The van der Waals surface area contributed by atoms with Gasteiger partial charge in [-0.3, -0.25) is 4.79 Å². The molecule has 4 heterocycles. The third-order valence-electron chi connectivity index (χ3n) is 13.0. The second kappa shape index (κ2) is 21.4. The predicted octanol–water partition coefficient (Wildman–Crippen LogP) is 4.82. The number of esters is 1. The summed E-state index contributed by atoms with van der Waals surface area (Å²) in [6, 6.07) is 6.83. The molecule has 0 aliphatic carbocycles. The van der Waals surface area contributed by atoms with E-state index < -0.39 is 77.8 Å². The Morgan fingerprint density at radius 2 is 1.76 bits per heavy atom. The smallest absolute Gasteiger partial charge is 0.407 e. The number of alkyl carbamates (subject to hydrolysis) is 1. The van der Waals surface area contributed by atoms with Crippen LogP contribution in [0.2, 0.25) is 0 Å². The van der Waals surface area contributed by atoms with Crippen molar-refractivity contribution in [2.45, 2.75) is 141 Å². The van der Waals surface area contributed by atoms with E-state index in [1.807, 2.05) is 46.7 Å². The Hall–Kier alpha value is -3.94. The topological polar surface area (TPSA) is 214 Å². The molecule has 2 bridgehead atoms. The first-order chi connectivity index (χ1) is 29.7. The average Bonchev–Trinajstić information content (AvgIpc) is 3.72. The van der Waals surface area contributed by atoms with Gasteiger partial charge in [0.2, 0.25) is 0 Å². The van der Waals surface area contributed by atoms with E-state index >= 15 is 0 Å². The zero-order valence-electron chi connectivity index (χ0n) is 38.7. The number of carbonyl (C=O) groups excluding carboxylic acids is 2. The van der Waals surface area contributed by atoms with Crippen LogP contribution in [0.5, 0.6) is 5.75 Å². The minimum absolute atomic E-state index is 0.00493. The second-order valence-electron chi connectivity index (χ2n) is 18.2. The number of rotatable bonds is 10. The van der Waals surface area contributed by atoms with Crippen molar-refractivity contribution in [3.05, 3.63) is 53.9 Å². The molecular formula is C46H70N4O13. The van der Waals surface area contributed by atoms with Gasteiger partial charge in [0.25, 0.3) is 5.89 Å². The van der Waals surface area contributed by atoms with E-state index in [2.05, 4.69) is 22.0 Å². The zero-order chi connectivity index (χ0) is 46.4. The number of aromatic nitrogens is 2. The highest BCUT2D eigenvalue weighted by atomic mass is 16.7. The number of ether oxygens (including phenoxy) is 7. The maximum Gasteiger partial charge on any atom is 0.407 e. The van der Waals surface area contributed by atoms with Gasteiger partial charge in [0, 0.05) is 23.4 Å². The summed E-state index contributed by atoms with van der Waals surface area (Å²) in [4.78, 5) is 33.3. The normalized spacial score (nSPS) is 36.8. The maximum atomic E-state index is 13.9. The van der Waals surface area contributed by atoms with Gasteiger partial charge in [-0.05, 0) is 103 Å². The predicted molar refractivity (Wildman–Crippen MR) is 231 cm³/mol. The van der Waals surface area contributed by atoms with Crippen LogP contribution in [0.15, 0.2) is 52.6 Å². The number of cyclic esters (lactones) is 1. The van der Waals surface area contributed by atoms with Crippen molar-refractivity contribution in [2.24, 2.45) is 23.7 Å². The highest BCUT2D eigenvalue weighted by molar-refractivity contribution is 5.73. The van der Waals surface area contributed by atoms with Crippen molar-refractivity contribution >= 4 is 12.1 Å². The third kappa shape index (κ3) is 11.9. The Bertz CT molecular complexity index is 1870. The van der Waals surface area contributed by atoms with Gasteiger partial charge in [-0.15, -0.1) is 0 Å². The van der Waals surface area contributed by atoms with Gasteiger partial charge in [0.15, 0.2) is 12.1 Å². The van der Waals surface area contributed by atoms with E-state index in [9.17, 15) is 24.9 Å². The number of nitrogens with one attached hydrogen (secondary N) is 1. The SMILES string of the molecule is C=C1COC2[C@@H](C)/C(=C/COC(=O)NCc3noc(-c4ccc(OC)cc4)n3)[C@H](C)C[C@@](C)(OC1)[C@H](OC1O[C@H](C)C[C@H](N(C)C)[C@H]1O)[C@@H](C)[C@H](O)[C@@H](C)C(=O)O[C@H](CC)[C@@]2(C)O. The molecule has 1 aromatic heterocycles. The summed E-state index contributed by atoms with van der Waals surface area (Å²) in [6.07, 6.45) is -4.55. The molecule has 2 aromatic rings. The Morgan fingerprint density at radius 1 is 1.06 bits per heavy atom. The van der Waals surface area contributed by atoms with E-state index in [1.54, 1.807) is 65.1 Å². The number of amides is 1. The summed E-state index contributed by atoms with van der Waals surface area (Å²) in [5, 5.41) is 42.8. The van der Waals surface area contributed by atoms with Crippen molar-refractivity contribution in [3.63, 3.8) is 0 Å². The molecule has 1 aromatic carbocycles. The lowest BCUT2D eigenvalue weighted by molar-refractivity contribution is -0.303. The van der Waals surface area contributed by atoms with Gasteiger partial charge in [0.1, 0.15) is 30.2 Å². The molecule has 0 spiro atoms. The number of benzene rings is 1. The quantitative estimate of drug-likeness (QED) is 0.186. The Kier molecular flexibility index (Phi) is 17.0. The summed E-state index contributed by atoms with van der Waals surface area (Å²) in [5.41, 5.74) is -0.954. The van der Waals surface area contributed by atoms with Crippen molar-refractivity contribution in [1.82, 2.24) is 20.4 Å². The zero-order valence-corrected chi connectivity index (χ0v) is 38.7. The van der Waals surface area contributed by atoms with Crippen molar-refractivity contribution < 1.29 is 62.6 Å². The van der Waals surface area contributed by atoms with Crippen LogP contribution in [0.4, 0.5) is 4.79 Å². The lowest BCUT2D eigenvalue weighted by atomic mass is 9.72. The average molecular weight is 887 g/mol. The molecule has 63 heavy (non-hydrogen) atoms. The number of carbonyl (C=O) groups is 2. The standard InChI is InChI=1S/C46H70N4O13/c1-13-35-46(9,55)40-28(5)33(18-19-57-44(54)47-22-36-48-41(63-49-36)31-14-16-32(56-12)17-15-31)26(3)21-45(8,59-24-25(2)23-58-40)39(29(6)37(51)30(7)42(53)61-35)62-43-38(52)34(50(10)11)20-27(4)60-43/h14-18,26-30,34-35,37-40,43,51-52,55H,2,13,19-24H2,1,3-12H3,(H,47,54)/b33-18+/t26-,27-,28+,29+,30-,34+,35-,37+,38-,39-,40?,43?,45-,46-/m1/s1. The van der Waals surface area contributed by atoms with Crippen LogP contribution < -0.4 is 10.1 Å². The fourth-order valence-corrected chi connectivity index (χ4v) is 9.37. The minimum Gasteiger partial charge on any atom is -0.497 e. The summed E-state index contributed by atoms with van der Waals surface area (Å²) in [5.74, 6) is -2.24. The highest BCUT2D eigenvalue weighted by Crippen LogP contribution is 2.43. The summed E-state index contributed by atoms with van der Waals surface area (Å²) in [6.45, 7) is 18.5. The molecule has 352 valence electrons. The van der Waals surface area contributed by atoms with E-state index in [0.717, 1.165) is 5.57 Å². The van der Waals surface area contributed by atoms with Crippen LogP contribution >= 0.6 is 0 Å². The molecule has 0 radical (unpaired) electrons. The Balaban J connectivity index is 1.49. The molecule has 1 amide bonds. The summed E-state index contributed by atoms with van der Waals surface area (Å²) >= 11 is 0. The largest absolute Gasteiger partial charge is 0.497 e. The number of fused-ring (bicyclic) bond motifs is 5. The number of hydrogen-bond acceptors (Lipinski definition) is 16. The molecule has 3 aliphatic heterocycles. The van der Waals surface area contributed by atoms with Crippen molar-refractivity contribution in [2.75, 3.05) is 41.0 Å². The van der Waals surface area contributed by atoms with Crippen LogP contribution in [0, 0.1) is 23.7 Å². The van der Waals surface area contributed by atoms with Crippen molar-refractivity contribution in [3.8, 4) is 17.2 Å². The van der Waals surface area contributed by atoms with E-state index in [1.165, 1.54) is 0 Å². The number of aliphatic hydroxyl groups excluding tert-OH is 2. The number of nitrogens with zero attached hydrogens (tertiary/aromatic N) is 3. The number of aliphatic hydroxyl groups is 3. The molecule has 4 N–H and O–H groups in total. The van der Waals surface area contributed by atoms with Gasteiger partial charge in [0.05, 0.1) is 62.8 Å². The third-order valence-corrected chi connectivity index (χ3v) is 13.0. The van der Waals surface area contributed by atoms with Gasteiger partial charge in [-0.2, -0.15) is 4.98 Å². The first-order valence-corrected chi connectivity index (χ1v) is 22.0. The molecule has 2 unspecified atom stereocenters. The molecular weight excluding hydrogens is 817 g/mol. The molecule has 3 aliphatic rings. The van der Waals surface area contributed by atoms with Gasteiger partial charge < -0.3 is 63.2 Å². The van der Waals surface area contributed by atoms with Gasteiger partial charge in [-0.25, -0.2) is 4.79 Å². The van der Waals surface area contributed by atoms with E-state index in [-0.39, 0.29) is 69.0 Å². The molecule has 5 rings (SSSR count). The summed E-state index contributed by atoms with van der Waals surface area (Å²) in [7, 11) is 5.35. The second-order valence-corrected chi connectivity index (χ2v) is 18.2. The molecule has 14 atom stereocenters. The fraction of sp³-hybridized carbons (Fsp3) is 0.696. The highest BCUT2D eigenvalue weighted by Gasteiger charge is 2.52. The first kappa shape index (κ1) is 50.1. The van der Waals surface area contributed by atoms with Crippen molar-refractivity contribution in [1.29, 1.82) is 0 Å². The molecule has 0 saturated carbocycles. The minimum atomic E-state index is -1.74. The molecule has 3 fully saturated rings. The van der Waals surface area contributed by atoms with Gasteiger partial charge >= 0.3 is 12.1 Å². The fourth-order valence-electron chi connectivity index (χ4n) is 9.37. The van der Waals surface area contributed by atoms with Crippen LogP contribution in [0.25, 0.3) is 11.5 Å². The number of hydrogen-bond donors (Lipinski definition) is 4. The monoisotopic (exact) mass is 886 g/mol. The Morgan fingerprint density at radius 3 is 2.41 bits per heavy atom. The van der Waals surface area contributed by atoms with Crippen LogP contribution in [-0.2, 0) is 39.8 Å². The summed E-state index contributed by atoms with van der Waals surface area (Å²) < 4.78 is 48.8. The molecule has 3 saturated heterocycles.